The van der Waals surface area contributed by atoms with Crippen molar-refractivity contribution >= 4 is 22.6 Å². The van der Waals surface area contributed by atoms with Crippen LogP contribution in [0.1, 0.15) is 78.6 Å². The molecule has 0 aromatic heterocycles. The van der Waals surface area contributed by atoms with Crippen LogP contribution in [0.25, 0.3) is 0 Å². The lowest BCUT2D eigenvalue weighted by Crippen LogP contribution is -2.55. The second kappa shape index (κ2) is 10.4. The Morgan fingerprint density at radius 1 is 0.973 bits per heavy atom. The number of methoxy groups -OCH3 is 1. The number of fused-ring (bicyclic) bond motifs is 5. The lowest BCUT2D eigenvalue weighted by atomic mass is 9.46. The maximum atomic E-state index is 11.9. The van der Waals surface area contributed by atoms with Gasteiger partial charge in [0.1, 0.15) is 0 Å². The highest BCUT2D eigenvalue weighted by atomic mass is 28.4. The molecule has 4 aliphatic rings. The van der Waals surface area contributed by atoms with Crippen LogP contribution < -0.4 is 0 Å². The molecule has 3 saturated carbocycles. The minimum absolute atomic E-state index is 0.0658. The van der Waals surface area contributed by atoms with Gasteiger partial charge in [-0.05, 0) is 137 Å². The predicted octanol–water partition coefficient (Wildman–Crippen LogP) is 8.41. The van der Waals surface area contributed by atoms with Crippen LogP contribution >= 0.6 is 0 Å². The summed E-state index contributed by atoms with van der Waals surface area (Å²) < 4.78 is 18.6. The van der Waals surface area contributed by atoms with Gasteiger partial charge in [-0.1, -0.05) is 20.8 Å². The molecule has 0 aromatic rings. The zero-order chi connectivity index (χ0) is 27.4. The van der Waals surface area contributed by atoms with Gasteiger partial charge in [0.05, 0.1) is 12.9 Å². The van der Waals surface area contributed by atoms with Crippen LogP contribution in [-0.4, -0.2) is 35.8 Å². The van der Waals surface area contributed by atoms with Crippen LogP contribution in [-0.2, 0) is 18.4 Å². The first kappa shape index (κ1) is 29.4. The van der Waals surface area contributed by atoms with Crippen molar-refractivity contribution in [1.82, 2.24) is 0 Å². The number of hydrogen-bond donors (Lipinski definition) is 0. The molecule has 3 fully saturated rings. The van der Waals surface area contributed by atoms with Crippen LogP contribution in [0.5, 0.6) is 0 Å². The molecule has 0 aliphatic heterocycles. The molecule has 9 unspecified atom stereocenters. The molecule has 6 heteroatoms. The summed E-state index contributed by atoms with van der Waals surface area (Å²) >= 11 is 0. The van der Waals surface area contributed by atoms with E-state index in [1.54, 1.807) is 0 Å². The SMILES string of the molecule is COC(=O)CCC(C)C1CCC2C3C(O[Si](C)(C)C)=CC4CC(O[Si](C)(C)C)CCC4(C)C3CCC12C. The Bertz CT molecular complexity index is 873. The number of esters is 1. The summed E-state index contributed by atoms with van der Waals surface area (Å²) in [4.78, 5) is 11.9. The number of carbonyl (C=O) groups is 1. The highest BCUT2D eigenvalue weighted by Crippen LogP contribution is 2.68. The third kappa shape index (κ3) is 5.96. The van der Waals surface area contributed by atoms with E-state index in [1.165, 1.54) is 51.4 Å². The molecule has 0 amide bonds. The molecule has 0 bridgehead atoms. The summed E-state index contributed by atoms with van der Waals surface area (Å²) in [5, 5.41) is 0. The molecule has 0 radical (unpaired) electrons. The second-order valence-corrected chi connectivity index (χ2v) is 24.5. The zero-order valence-electron chi connectivity index (χ0n) is 25.6. The Labute approximate surface area is 229 Å². The van der Waals surface area contributed by atoms with E-state index in [9.17, 15) is 4.79 Å². The average Bonchev–Trinajstić information content (AvgIpc) is 3.13. The molecular weight excluding hydrogens is 493 g/mol. The maximum Gasteiger partial charge on any atom is 0.305 e. The summed E-state index contributed by atoms with van der Waals surface area (Å²) in [6, 6.07) is 0. The molecule has 4 rings (SSSR count). The Kier molecular flexibility index (Phi) is 8.28. The molecule has 0 aromatic carbocycles. The largest absolute Gasteiger partial charge is 0.547 e. The summed E-state index contributed by atoms with van der Waals surface area (Å²) in [5.41, 5.74) is 0.687. The topological polar surface area (TPSA) is 44.8 Å². The zero-order valence-corrected chi connectivity index (χ0v) is 27.6. The van der Waals surface area contributed by atoms with Crippen molar-refractivity contribution in [1.29, 1.82) is 0 Å². The van der Waals surface area contributed by atoms with Gasteiger partial charge in [-0.3, -0.25) is 4.79 Å². The summed E-state index contributed by atoms with van der Waals surface area (Å²) in [6.45, 7) is 21.7. The first-order valence-corrected chi connectivity index (χ1v) is 22.0. The van der Waals surface area contributed by atoms with Crippen molar-refractivity contribution in [3.8, 4) is 0 Å². The molecule has 4 aliphatic carbocycles. The molecule has 0 N–H and O–H groups in total. The fourth-order valence-electron chi connectivity index (χ4n) is 9.32. The third-order valence-electron chi connectivity index (χ3n) is 10.9. The van der Waals surface area contributed by atoms with Crippen LogP contribution in [0, 0.1) is 46.3 Å². The number of hydrogen-bond acceptors (Lipinski definition) is 4. The van der Waals surface area contributed by atoms with E-state index in [0.717, 1.165) is 12.8 Å². The Morgan fingerprint density at radius 2 is 1.62 bits per heavy atom. The number of allylic oxidation sites excluding steroid dienone is 2. The first-order chi connectivity index (χ1) is 17.1. The van der Waals surface area contributed by atoms with E-state index in [2.05, 4.69) is 66.1 Å². The van der Waals surface area contributed by atoms with Gasteiger partial charge in [0.2, 0.25) is 8.32 Å². The van der Waals surface area contributed by atoms with Gasteiger partial charge in [0, 0.05) is 18.4 Å². The molecule has 0 heterocycles. The van der Waals surface area contributed by atoms with E-state index >= 15 is 0 Å². The average molecular weight is 549 g/mol. The minimum Gasteiger partial charge on any atom is -0.547 e. The van der Waals surface area contributed by atoms with Gasteiger partial charge in [-0.15, -0.1) is 0 Å². The monoisotopic (exact) mass is 548 g/mol. The minimum atomic E-state index is -1.74. The fraction of sp³-hybridized carbons (Fsp3) is 0.903. The van der Waals surface area contributed by atoms with Crippen molar-refractivity contribution in [3.05, 3.63) is 11.8 Å². The Balaban J connectivity index is 1.63. The van der Waals surface area contributed by atoms with Crippen LogP contribution in [0.4, 0.5) is 0 Å². The summed E-state index contributed by atoms with van der Waals surface area (Å²) in [5.74, 6) is 5.05. The fourth-order valence-corrected chi connectivity index (χ4v) is 11.4. The van der Waals surface area contributed by atoms with Crippen molar-refractivity contribution in [3.63, 3.8) is 0 Å². The molecule has 0 saturated heterocycles. The molecule has 212 valence electrons. The highest BCUT2D eigenvalue weighted by Gasteiger charge is 2.62. The normalized spacial score (nSPS) is 40.6. The Hall–Kier alpha value is -0.596. The summed E-state index contributed by atoms with van der Waals surface area (Å²) in [7, 11) is -1.78. The predicted molar refractivity (Wildman–Crippen MR) is 157 cm³/mol. The van der Waals surface area contributed by atoms with Gasteiger partial charge in [0.15, 0.2) is 8.32 Å². The molecule has 9 atom stereocenters. The van der Waals surface area contributed by atoms with E-state index in [4.69, 9.17) is 13.6 Å². The molecule has 37 heavy (non-hydrogen) atoms. The van der Waals surface area contributed by atoms with E-state index < -0.39 is 16.6 Å². The van der Waals surface area contributed by atoms with E-state index in [0.29, 0.717) is 58.9 Å². The lowest BCUT2D eigenvalue weighted by Gasteiger charge is -2.60. The van der Waals surface area contributed by atoms with Crippen LogP contribution in [0.3, 0.4) is 0 Å². The van der Waals surface area contributed by atoms with Gasteiger partial charge in [-0.25, -0.2) is 0 Å². The van der Waals surface area contributed by atoms with Crippen molar-refractivity contribution in [2.45, 2.75) is 124 Å². The maximum absolute atomic E-state index is 11.9. The van der Waals surface area contributed by atoms with Gasteiger partial charge in [0.25, 0.3) is 0 Å². The standard InChI is InChI=1S/C31H56O4Si2/c1-21(11-14-28(32)33-4)24-12-13-25-29-26(16-18-31(24,25)3)30(2)17-15-23(34-36(5,6)7)19-22(30)20-27(29)35-37(8,9)10/h20-26,29H,11-19H2,1-10H3. The summed E-state index contributed by atoms with van der Waals surface area (Å²) in [6.07, 6.45) is 13.4. The third-order valence-corrected chi connectivity index (χ3v) is 12.8. The van der Waals surface area contributed by atoms with Crippen molar-refractivity contribution in [2.24, 2.45) is 46.3 Å². The first-order valence-electron chi connectivity index (χ1n) is 15.2. The van der Waals surface area contributed by atoms with Gasteiger partial charge < -0.3 is 13.6 Å². The number of rotatable bonds is 8. The van der Waals surface area contributed by atoms with Gasteiger partial charge >= 0.3 is 5.97 Å². The lowest BCUT2D eigenvalue weighted by molar-refractivity contribution is -0.141. The number of carbonyl (C=O) groups excluding carboxylic acids is 1. The van der Waals surface area contributed by atoms with E-state index in [1.807, 2.05) is 0 Å². The van der Waals surface area contributed by atoms with Gasteiger partial charge in [-0.2, -0.15) is 0 Å². The molecule has 4 nitrogen and oxygen atoms in total. The van der Waals surface area contributed by atoms with Crippen LogP contribution in [0.2, 0.25) is 39.3 Å². The van der Waals surface area contributed by atoms with Crippen LogP contribution in [0.15, 0.2) is 11.8 Å². The second-order valence-electron chi connectivity index (χ2n) is 15.6. The quantitative estimate of drug-likeness (QED) is 0.226. The smallest absolute Gasteiger partial charge is 0.305 e. The molecular formula is C31H56O4Si2. The van der Waals surface area contributed by atoms with Crippen molar-refractivity contribution < 1.29 is 18.4 Å². The highest BCUT2D eigenvalue weighted by molar-refractivity contribution is 6.70. The molecule has 0 spiro atoms. The van der Waals surface area contributed by atoms with E-state index in [-0.39, 0.29) is 5.97 Å². The Morgan fingerprint density at radius 3 is 2.24 bits per heavy atom. The van der Waals surface area contributed by atoms with Crippen molar-refractivity contribution in [2.75, 3.05) is 7.11 Å². The number of ether oxygens (including phenoxy) is 1.